The molecule has 0 N–H and O–H groups in total. The smallest absolute Gasteiger partial charge is 0.227 e. The quantitative estimate of drug-likeness (QED) is 0.384. The number of fused-ring (bicyclic) bond motifs is 1. The van der Waals surface area contributed by atoms with Crippen molar-refractivity contribution >= 4 is 51.2 Å². The van der Waals surface area contributed by atoms with Gasteiger partial charge in [0.25, 0.3) is 0 Å². The van der Waals surface area contributed by atoms with Gasteiger partial charge in [0, 0.05) is 24.2 Å². The van der Waals surface area contributed by atoms with Gasteiger partial charge in [-0.1, -0.05) is 72.0 Å². The lowest BCUT2D eigenvalue weighted by Gasteiger charge is -2.16. The molecule has 0 atom stereocenters. The van der Waals surface area contributed by atoms with E-state index >= 15 is 0 Å². The molecule has 0 saturated carbocycles. The van der Waals surface area contributed by atoms with Crippen molar-refractivity contribution in [3.05, 3.63) is 78.6 Å². The highest BCUT2D eigenvalue weighted by atomic mass is 127. The van der Waals surface area contributed by atoms with E-state index in [0.29, 0.717) is 0 Å². The minimum atomic E-state index is -0.0387. The number of hydrogen-bond donors (Lipinski definition) is 0. The maximum atomic E-state index is 11.8. The SMILES string of the molecule is CC(=O)N(C=Cc1ccc2ccccc2n1)c1ccccc1.CCI. The molecule has 128 valence electrons. The number of nitrogens with zero attached hydrogens (tertiary/aromatic N) is 2. The first-order valence-electron chi connectivity index (χ1n) is 8.10. The fourth-order valence-electron chi connectivity index (χ4n) is 2.29. The number of para-hydroxylation sites is 2. The fraction of sp³-hybridized carbons (Fsp3) is 0.143. The van der Waals surface area contributed by atoms with Crippen LogP contribution in [-0.2, 0) is 4.79 Å². The Morgan fingerprint density at radius 3 is 2.36 bits per heavy atom. The van der Waals surface area contributed by atoms with E-state index in [2.05, 4.69) is 34.5 Å². The summed E-state index contributed by atoms with van der Waals surface area (Å²) in [6.07, 6.45) is 3.61. The van der Waals surface area contributed by atoms with Crippen LogP contribution in [-0.4, -0.2) is 15.3 Å². The highest BCUT2D eigenvalue weighted by Gasteiger charge is 2.07. The third kappa shape index (κ3) is 5.67. The van der Waals surface area contributed by atoms with Crippen molar-refractivity contribution in [1.82, 2.24) is 4.98 Å². The Hall–Kier alpha value is -2.21. The monoisotopic (exact) mass is 444 g/mol. The van der Waals surface area contributed by atoms with Gasteiger partial charge in [0.1, 0.15) is 0 Å². The number of benzene rings is 2. The van der Waals surface area contributed by atoms with Gasteiger partial charge in [0.2, 0.25) is 5.91 Å². The molecular weight excluding hydrogens is 423 g/mol. The van der Waals surface area contributed by atoms with E-state index in [1.807, 2.05) is 72.8 Å². The molecule has 1 heterocycles. The van der Waals surface area contributed by atoms with Crippen molar-refractivity contribution in [2.75, 3.05) is 9.33 Å². The zero-order valence-corrected chi connectivity index (χ0v) is 16.6. The number of alkyl halides is 1. The van der Waals surface area contributed by atoms with Crippen molar-refractivity contribution in [2.24, 2.45) is 0 Å². The summed E-state index contributed by atoms with van der Waals surface area (Å²) in [5, 5.41) is 1.10. The molecular formula is C21H21IN2O. The Labute approximate surface area is 162 Å². The zero-order chi connectivity index (χ0) is 18.1. The van der Waals surface area contributed by atoms with Gasteiger partial charge < -0.3 is 0 Å². The Balaban J connectivity index is 0.000000701. The second kappa shape index (κ2) is 9.93. The predicted octanol–water partition coefficient (Wildman–Crippen LogP) is 5.70. The van der Waals surface area contributed by atoms with Crippen LogP contribution in [0.15, 0.2) is 72.9 Å². The second-order valence-electron chi connectivity index (χ2n) is 5.24. The first kappa shape index (κ1) is 19.1. The van der Waals surface area contributed by atoms with E-state index < -0.39 is 0 Å². The van der Waals surface area contributed by atoms with E-state index in [4.69, 9.17) is 0 Å². The van der Waals surface area contributed by atoms with Crippen molar-refractivity contribution in [3.63, 3.8) is 0 Å². The lowest BCUT2D eigenvalue weighted by Crippen LogP contribution is -2.21. The normalized spacial score (nSPS) is 10.4. The summed E-state index contributed by atoms with van der Waals surface area (Å²) >= 11 is 2.29. The van der Waals surface area contributed by atoms with Gasteiger partial charge in [0.05, 0.1) is 11.2 Å². The van der Waals surface area contributed by atoms with Crippen LogP contribution in [0.25, 0.3) is 17.0 Å². The zero-order valence-electron chi connectivity index (χ0n) is 14.4. The first-order valence-corrected chi connectivity index (χ1v) is 9.63. The van der Waals surface area contributed by atoms with Crippen molar-refractivity contribution in [3.8, 4) is 0 Å². The molecule has 25 heavy (non-hydrogen) atoms. The number of pyridine rings is 1. The van der Waals surface area contributed by atoms with Gasteiger partial charge in [0.15, 0.2) is 0 Å². The topological polar surface area (TPSA) is 33.2 Å². The number of carbonyl (C=O) groups excluding carboxylic acids is 1. The molecule has 3 nitrogen and oxygen atoms in total. The van der Waals surface area contributed by atoms with Gasteiger partial charge in [-0.05, 0) is 34.8 Å². The average molecular weight is 444 g/mol. The van der Waals surface area contributed by atoms with Crippen LogP contribution in [0.1, 0.15) is 19.5 Å². The Kier molecular flexibility index (Phi) is 7.60. The molecule has 0 spiro atoms. The van der Waals surface area contributed by atoms with Crippen LogP contribution in [0.5, 0.6) is 0 Å². The van der Waals surface area contributed by atoms with Crippen LogP contribution in [0.3, 0.4) is 0 Å². The third-order valence-corrected chi connectivity index (χ3v) is 3.39. The minimum absolute atomic E-state index is 0.0387. The summed E-state index contributed by atoms with van der Waals surface area (Å²) in [6, 6.07) is 21.5. The predicted molar refractivity (Wildman–Crippen MR) is 115 cm³/mol. The average Bonchev–Trinajstić information content (AvgIpc) is 2.63. The summed E-state index contributed by atoms with van der Waals surface area (Å²) in [5.41, 5.74) is 2.60. The van der Waals surface area contributed by atoms with Gasteiger partial charge in [-0.15, -0.1) is 0 Å². The van der Waals surface area contributed by atoms with Crippen molar-refractivity contribution < 1.29 is 4.79 Å². The fourth-order valence-corrected chi connectivity index (χ4v) is 2.29. The maximum absolute atomic E-state index is 11.8. The molecule has 3 rings (SSSR count). The van der Waals surface area contributed by atoms with Gasteiger partial charge >= 0.3 is 0 Å². The molecule has 1 amide bonds. The number of anilines is 1. The van der Waals surface area contributed by atoms with Gasteiger partial charge in [-0.2, -0.15) is 0 Å². The lowest BCUT2D eigenvalue weighted by atomic mass is 10.2. The van der Waals surface area contributed by atoms with E-state index in [0.717, 1.165) is 22.3 Å². The maximum Gasteiger partial charge on any atom is 0.227 e. The van der Waals surface area contributed by atoms with Crippen molar-refractivity contribution in [1.29, 1.82) is 0 Å². The van der Waals surface area contributed by atoms with Gasteiger partial charge in [-0.3, -0.25) is 9.69 Å². The summed E-state index contributed by atoms with van der Waals surface area (Å²) in [4.78, 5) is 18.0. The highest BCUT2D eigenvalue weighted by Crippen LogP contribution is 2.16. The van der Waals surface area contributed by atoms with E-state index in [9.17, 15) is 4.79 Å². The Morgan fingerprint density at radius 2 is 1.68 bits per heavy atom. The highest BCUT2D eigenvalue weighted by molar-refractivity contribution is 14.1. The number of aromatic nitrogens is 1. The number of rotatable bonds is 3. The summed E-state index contributed by atoms with van der Waals surface area (Å²) < 4.78 is 1.22. The van der Waals surface area contributed by atoms with Crippen LogP contribution >= 0.6 is 22.6 Å². The number of hydrogen-bond acceptors (Lipinski definition) is 2. The summed E-state index contributed by atoms with van der Waals surface area (Å²) in [6.45, 7) is 3.66. The lowest BCUT2D eigenvalue weighted by molar-refractivity contribution is -0.115. The van der Waals surface area contributed by atoms with Crippen molar-refractivity contribution in [2.45, 2.75) is 13.8 Å². The second-order valence-corrected chi connectivity index (χ2v) is 6.76. The molecule has 0 saturated heterocycles. The van der Waals surface area contributed by atoms with Crippen LogP contribution in [0, 0.1) is 0 Å². The molecule has 1 aromatic heterocycles. The molecule has 0 bridgehead atoms. The van der Waals surface area contributed by atoms with Crippen LogP contribution in [0.2, 0.25) is 0 Å². The van der Waals surface area contributed by atoms with Crippen LogP contribution < -0.4 is 4.90 Å². The molecule has 0 radical (unpaired) electrons. The molecule has 0 unspecified atom stereocenters. The number of carbonyl (C=O) groups is 1. The number of halogens is 1. The molecule has 4 heteroatoms. The third-order valence-electron chi connectivity index (χ3n) is 3.39. The largest absolute Gasteiger partial charge is 0.288 e. The number of amides is 1. The molecule has 0 fully saturated rings. The minimum Gasteiger partial charge on any atom is -0.288 e. The molecule has 0 aliphatic heterocycles. The van der Waals surface area contributed by atoms with E-state index in [1.165, 1.54) is 4.43 Å². The molecule has 0 aliphatic carbocycles. The van der Waals surface area contributed by atoms with E-state index in [-0.39, 0.29) is 5.91 Å². The first-order chi connectivity index (χ1) is 12.2. The van der Waals surface area contributed by atoms with E-state index in [1.54, 1.807) is 18.0 Å². The summed E-state index contributed by atoms with van der Waals surface area (Å²) in [5.74, 6) is -0.0387. The van der Waals surface area contributed by atoms with Gasteiger partial charge in [-0.25, -0.2) is 4.98 Å². The molecule has 0 aliphatic rings. The summed E-state index contributed by atoms with van der Waals surface area (Å²) in [7, 11) is 0. The standard InChI is InChI=1S/C19H16N2O.C2H5I/c1-15(22)21(18-8-3-2-4-9-18)14-13-17-12-11-16-7-5-6-10-19(16)20-17;1-2-3/h2-14H,1H3;2H2,1H3. The Bertz CT molecular complexity index is 847. The molecule has 2 aromatic carbocycles. The Morgan fingerprint density at radius 1 is 1.04 bits per heavy atom. The van der Waals surface area contributed by atoms with Crippen LogP contribution in [0.4, 0.5) is 5.69 Å². The molecule has 3 aromatic rings.